The summed E-state index contributed by atoms with van der Waals surface area (Å²) in [5.41, 5.74) is 5.45. The molecule has 0 aromatic carbocycles. The summed E-state index contributed by atoms with van der Waals surface area (Å²) >= 11 is 0. The fourth-order valence-corrected chi connectivity index (χ4v) is 2.74. The lowest BCUT2D eigenvalue weighted by Crippen LogP contribution is -2.28. The lowest BCUT2D eigenvalue weighted by molar-refractivity contribution is -0.0654. The maximum Gasteiger partial charge on any atom is 0.508 e. The second kappa shape index (κ2) is 8.15. The predicted octanol–water partition coefficient (Wildman–Crippen LogP) is 0.133. The zero-order chi connectivity index (χ0) is 18.5. The number of aromatic amines is 1. The summed E-state index contributed by atoms with van der Waals surface area (Å²) in [5.74, 6) is -0.0408. The van der Waals surface area contributed by atoms with Gasteiger partial charge in [-0.25, -0.2) is 9.78 Å². The van der Waals surface area contributed by atoms with Gasteiger partial charge in [0.2, 0.25) is 5.95 Å². The first-order valence-electron chi connectivity index (χ1n) is 8.33. The van der Waals surface area contributed by atoms with E-state index in [9.17, 15) is 14.7 Å². The molecular formula is C15H21N5O6. The van der Waals surface area contributed by atoms with Gasteiger partial charge in [0.1, 0.15) is 25.5 Å². The topological polar surface area (TPSA) is 155 Å². The minimum Gasteiger partial charge on any atom is -0.431 e. The molecule has 2 heterocycles. The molecule has 26 heavy (non-hydrogen) atoms. The number of nitrogens with one attached hydrogen (secondary N) is 1. The van der Waals surface area contributed by atoms with Crippen LogP contribution in [0.1, 0.15) is 25.7 Å². The lowest BCUT2D eigenvalue weighted by Gasteiger charge is -2.17. The van der Waals surface area contributed by atoms with Crippen LogP contribution in [0, 0.1) is 0 Å². The number of H-pyrrole nitrogens is 1. The van der Waals surface area contributed by atoms with E-state index >= 15 is 0 Å². The predicted molar refractivity (Wildman–Crippen MR) is 89.2 cm³/mol. The number of anilines is 1. The number of hydrogen-bond donors (Lipinski definition) is 3. The normalized spacial score (nSPS) is 16.0. The number of rotatable bonds is 7. The summed E-state index contributed by atoms with van der Waals surface area (Å²) in [6.07, 6.45) is 3.52. The third kappa shape index (κ3) is 4.29. The summed E-state index contributed by atoms with van der Waals surface area (Å²) in [7, 11) is 0. The molecule has 0 radical (unpaired) electrons. The van der Waals surface area contributed by atoms with Crippen LogP contribution in [0.3, 0.4) is 0 Å². The Hall–Kier alpha value is -2.66. The first-order chi connectivity index (χ1) is 12.6. The van der Waals surface area contributed by atoms with Crippen molar-refractivity contribution in [1.82, 2.24) is 19.5 Å². The van der Waals surface area contributed by atoms with Gasteiger partial charge in [-0.2, -0.15) is 4.98 Å². The third-order valence-corrected chi connectivity index (χ3v) is 4.10. The number of carbonyl (C=O) groups excluding carboxylic acids is 1. The van der Waals surface area contributed by atoms with Gasteiger partial charge in [-0.3, -0.25) is 14.3 Å². The van der Waals surface area contributed by atoms with Gasteiger partial charge in [-0.05, 0) is 25.7 Å². The third-order valence-electron chi connectivity index (χ3n) is 4.10. The van der Waals surface area contributed by atoms with Crippen LogP contribution in [-0.4, -0.2) is 56.2 Å². The molecule has 3 rings (SSSR count). The molecule has 0 bridgehead atoms. The standard InChI is InChI=1S/C15H21N5O6/c16-14-18-12-11(13(22)19-14)17-7-20(12)8-25-10(5-21)6-24-15(23)26-9-3-1-2-4-9/h7,9-10,21H,1-6,8H2,(H3,16,18,19,22). The van der Waals surface area contributed by atoms with Crippen molar-refractivity contribution in [3.63, 3.8) is 0 Å². The van der Waals surface area contributed by atoms with Crippen LogP contribution in [0.5, 0.6) is 0 Å². The summed E-state index contributed by atoms with van der Waals surface area (Å²) in [6, 6.07) is 0. The lowest BCUT2D eigenvalue weighted by atomic mass is 10.3. The molecule has 2 aromatic heterocycles. The largest absolute Gasteiger partial charge is 0.508 e. The Balaban J connectivity index is 1.52. The molecule has 0 amide bonds. The van der Waals surface area contributed by atoms with Crippen LogP contribution in [-0.2, 0) is 20.9 Å². The van der Waals surface area contributed by atoms with Crippen LogP contribution in [0.15, 0.2) is 11.1 Å². The summed E-state index contributed by atoms with van der Waals surface area (Å²) in [5, 5.41) is 9.38. The number of imidazole rings is 1. The fourth-order valence-electron chi connectivity index (χ4n) is 2.74. The van der Waals surface area contributed by atoms with Gasteiger partial charge in [0, 0.05) is 0 Å². The molecule has 1 fully saturated rings. The van der Waals surface area contributed by atoms with Gasteiger partial charge < -0.3 is 25.1 Å². The summed E-state index contributed by atoms with van der Waals surface area (Å²) in [4.78, 5) is 33.7. The van der Waals surface area contributed by atoms with Crippen molar-refractivity contribution in [3.8, 4) is 0 Å². The molecule has 142 valence electrons. The SMILES string of the molecule is Nc1nc2c(ncn2COC(CO)COC(=O)OC2CCCC2)c(=O)[nH]1. The molecule has 1 aliphatic carbocycles. The molecule has 2 aromatic rings. The number of nitrogen functional groups attached to an aromatic ring is 1. The van der Waals surface area contributed by atoms with Crippen molar-refractivity contribution in [2.24, 2.45) is 0 Å². The zero-order valence-corrected chi connectivity index (χ0v) is 14.1. The Bertz CT molecular complexity index is 812. The van der Waals surface area contributed by atoms with Crippen molar-refractivity contribution in [2.75, 3.05) is 18.9 Å². The van der Waals surface area contributed by atoms with E-state index < -0.39 is 17.8 Å². The first kappa shape index (κ1) is 18.1. The Morgan fingerprint density at radius 3 is 2.96 bits per heavy atom. The van der Waals surface area contributed by atoms with E-state index in [0.717, 1.165) is 25.7 Å². The number of fused-ring (bicyclic) bond motifs is 1. The van der Waals surface area contributed by atoms with E-state index in [0.29, 0.717) is 0 Å². The average Bonchev–Trinajstić information content (AvgIpc) is 3.25. The highest BCUT2D eigenvalue weighted by molar-refractivity contribution is 5.70. The minimum absolute atomic E-state index is 0.0408. The van der Waals surface area contributed by atoms with Crippen LogP contribution in [0.25, 0.3) is 11.2 Å². The monoisotopic (exact) mass is 367 g/mol. The molecule has 11 nitrogen and oxygen atoms in total. The van der Waals surface area contributed by atoms with E-state index in [1.165, 1.54) is 10.9 Å². The number of nitrogens with zero attached hydrogens (tertiary/aromatic N) is 3. The second-order valence-electron chi connectivity index (χ2n) is 6.02. The van der Waals surface area contributed by atoms with E-state index in [1.54, 1.807) is 0 Å². The number of nitrogens with two attached hydrogens (primary N) is 1. The zero-order valence-electron chi connectivity index (χ0n) is 14.1. The number of ether oxygens (including phenoxy) is 3. The quantitative estimate of drug-likeness (QED) is 0.579. The highest BCUT2D eigenvalue weighted by Crippen LogP contribution is 2.21. The molecule has 1 atom stereocenters. The average molecular weight is 367 g/mol. The smallest absolute Gasteiger partial charge is 0.431 e. The number of aliphatic hydroxyl groups excluding tert-OH is 1. The number of hydrogen-bond acceptors (Lipinski definition) is 9. The molecular weight excluding hydrogens is 346 g/mol. The molecule has 11 heteroatoms. The van der Waals surface area contributed by atoms with Crippen LogP contribution >= 0.6 is 0 Å². The molecule has 0 spiro atoms. The van der Waals surface area contributed by atoms with Gasteiger partial charge in [-0.15, -0.1) is 0 Å². The number of carbonyl (C=O) groups is 1. The number of aliphatic hydroxyl groups is 1. The van der Waals surface area contributed by atoms with Crippen molar-refractivity contribution in [3.05, 3.63) is 16.7 Å². The van der Waals surface area contributed by atoms with E-state index in [2.05, 4.69) is 15.0 Å². The number of aromatic nitrogens is 4. The van der Waals surface area contributed by atoms with Gasteiger partial charge in [0.05, 0.1) is 12.9 Å². The van der Waals surface area contributed by atoms with Crippen molar-refractivity contribution >= 4 is 23.3 Å². The Labute approximate surface area is 148 Å². The van der Waals surface area contributed by atoms with Crippen molar-refractivity contribution in [2.45, 2.75) is 44.6 Å². The van der Waals surface area contributed by atoms with Gasteiger partial charge >= 0.3 is 6.16 Å². The van der Waals surface area contributed by atoms with Crippen LogP contribution < -0.4 is 11.3 Å². The van der Waals surface area contributed by atoms with Crippen molar-refractivity contribution in [1.29, 1.82) is 0 Å². The van der Waals surface area contributed by atoms with Gasteiger partial charge in [-0.1, -0.05) is 0 Å². The molecule has 1 saturated carbocycles. The molecule has 0 saturated heterocycles. The van der Waals surface area contributed by atoms with E-state index in [4.69, 9.17) is 19.9 Å². The van der Waals surface area contributed by atoms with E-state index in [1.807, 2.05) is 0 Å². The Kier molecular flexibility index (Phi) is 5.68. The molecule has 1 unspecified atom stereocenters. The highest BCUT2D eigenvalue weighted by Gasteiger charge is 2.21. The van der Waals surface area contributed by atoms with Crippen molar-refractivity contribution < 1.29 is 24.1 Å². The maximum absolute atomic E-state index is 11.7. The maximum atomic E-state index is 11.7. The molecule has 1 aliphatic rings. The highest BCUT2D eigenvalue weighted by atomic mass is 16.7. The Morgan fingerprint density at radius 2 is 2.23 bits per heavy atom. The molecule has 4 N–H and O–H groups in total. The van der Waals surface area contributed by atoms with E-state index in [-0.39, 0.29) is 43.2 Å². The Morgan fingerprint density at radius 1 is 1.46 bits per heavy atom. The molecule has 0 aliphatic heterocycles. The van der Waals surface area contributed by atoms with Crippen LogP contribution in [0.4, 0.5) is 10.7 Å². The minimum atomic E-state index is -0.770. The fraction of sp³-hybridized carbons (Fsp3) is 0.600. The first-order valence-corrected chi connectivity index (χ1v) is 8.33. The van der Waals surface area contributed by atoms with Gasteiger partial charge in [0.25, 0.3) is 5.56 Å². The summed E-state index contributed by atoms with van der Waals surface area (Å²) < 4.78 is 17.1. The van der Waals surface area contributed by atoms with Gasteiger partial charge in [0.15, 0.2) is 11.2 Å². The summed E-state index contributed by atoms with van der Waals surface area (Å²) in [6.45, 7) is -0.580. The van der Waals surface area contributed by atoms with Crippen LogP contribution in [0.2, 0.25) is 0 Å². The second-order valence-corrected chi connectivity index (χ2v) is 6.02.